The van der Waals surface area contributed by atoms with Crippen molar-refractivity contribution in [3.05, 3.63) is 228 Å². The molecule has 330 valence electrons. The zero-order valence-electron chi connectivity index (χ0n) is 34.7. The van der Waals surface area contributed by atoms with Crippen molar-refractivity contribution in [3.63, 3.8) is 0 Å². The van der Waals surface area contributed by atoms with E-state index in [1.165, 1.54) is 29.0 Å². The van der Waals surface area contributed by atoms with E-state index < -0.39 is 51.4 Å². The number of nitrogens with zero attached hydrogens (tertiary/aromatic N) is 4. The fraction of sp³-hybridized carbons (Fsp3) is 0.180. The first-order valence-electron chi connectivity index (χ1n) is 20.6. The predicted octanol–water partition coefficient (Wildman–Crippen LogP) is 10.1. The van der Waals surface area contributed by atoms with E-state index in [0.29, 0.717) is 27.2 Å². The van der Waals surface area contributed by atoms with Gasteiger partial charge in [0.2, 0.25) is 0 Å². The Morgan fingerprint density at radius 3 is 1.42 bits per heavy atom. The molecule has 2 aromatic heterocycles. The molecule has 1 fully saturated rings. The van der Waals surface area contributed by atoms with Crippen LogP contribution in [-0.4, -0.2) is 64.6 Å². The summed E-state index contributed by atoms with van der Waals surface area (Å²) in [7, 11) is -6.32. The molecule has 0 spiro atoms. The maximum atomic E-state index is 14.7. The number of fused-ring (bicyclic) bond motifs is 1. The molecule has 6 aromatic carbocycles. The summed E-state index contributed by atoms with van der Waals surface area (Å²) in [5, 5.41) is 0.481. The molecular formula is C50H41F3N4O6S2. The maximum Gasteiger partial charge on any atom is 0.523 e. The van der Waals surface area contributed by atoms with Gasteiger partial charge < -0.3 is 14.2 Å². The van der Waals surface area contributed by atoms with E-state index in [-0.39, 0.29) is 12.3 Å². The number of benzene rings is 6. The number of hydrogen-bond donors (Lipinski definition) is 0. The summed E-state index contributed by atoms with van der Waals surface area (Å²) in [5.41, 5.74) is -4.26. The van der Waals surface area contributed by atoms with E-state index in [2.05, 4.69) is 15.0 Å². The van der Waals surface area contributed by atoms with E-state index in [1.54, 1.807) is 6.26 Å². The Morgan fingerprint density at radius 2 is 1.02 bits per heavy atom. The highest BCUT2D eigenvalue weighted by Crippen LogP contribution is 2.48. The van der Waals surface area contributed by atoms with Crippen LogP contribution in [0.4, 0.5) is 13.2 Å². The summed E-state index contributed by atoms with van der Waals surface area (Å²) in [6, 6.07) is 56.1. The highest BCUT2D eigenvalue weighted by Gasteiger charge is 2.58. The van der Waals surface area contributed by atoms with Crippen LogP contribution in [0.15, 0.2) is 200 Å². The molecule has 9 rings (SSSR count). The van der Waals surface area contributed by atoms with Crippen LogP contribution in [0.3, 0.4) is 0 Å². The number of imidazole rings is 1. The normalized spacial score (nSPS) is 18.2. The van der Waals surface area contributed by atoms with E-state index in [0.717, 1.165) is 16.7 Å². The molecular weight excluding hydrogens is 874 g/mol. The molecule has 4 atom stereocenters. The number of ether oxygens (including phenoxy) is 3. The Kier molecular flexibility index (Phi) is 12.4. The Bertz CT molecular complexity index is 2750. The average Bonchev–Trinajstić information content (AvgIpc) is 3.92. The molecule has 0 amide bonds. The topological polar surface area (TPSA) is 115 Å². The first-order valence-corrected chi connectivity index (χ1v) is 23.2. The van der Waals surface area contributed by atoms with E-state index in [4.69, 9.17) is 18.4 Å². The van der Waals surface area contributed by atoms with Gasteiger partial charge >= 0.3 is 15.6 Å². The van der Waals surface area contributed by atoms with Gasteiger partial charge in [-0.2, -0.15) is 21.6 Å². The zero-order valence-corrected chi connectivity index (χ0v) is 36.3. The van der Waals surface area contributed by atoms with Crippen LogP contribution in [0, 0.1) is 0 Å². The smallest absolute Gasteiger partial charge is 0.358 e. The molecule has 3 heterocycles. The van der Waals surface area contributed by atoms with Gasteiger partial charge in [-0.3, -0.25) is 8.75 Å². The summed E-state index contributed by atoms with van der Waals surface area (Å²) in [6.45, 7) is -0.363. The second-order valence-corrected chi connectivity index (χ2v) is 17.5. The van der Waals surface area contributed by atoms with Crippen LogP contribution in [0.2, 0.25) is 0 Å². The Balaban J connectivity index is 1.29. The molecule has 1 aliphatic heterocycles. The molecule has 0 bridgehead atoms. The molecule has 65 heavy (non-hydrogen) atoms. The summed E-state index contributed by atoms with van der Waals surface area (Å²) in [6.07, 6.45) is -2.20. The monoisotopic (exact) mass is 914 g/mol. The van der Waals surface area contributed by atoms with E-state index in [1.807, 2.05) is 182 Å². The first kappa shape index (κ1) is 44.0. The Hall–Kier alpha value is -6.20. The molecule has 0 aliphatic carbocycles. The molecule has 0 unspecified atom stereocenters. The Labute approximate surface area is 378 Å². The van der Waals surface area contributed by atoms with Gasteiger partial charge in [0.05, 0.1) is 12.9 Å². The second-order valence-electron chi connectivity index (χ2n) is 15.2. The highest BCUT2D eigenvalue weighted by atomic mass is 32.2. The average molecular weight is 915 g/mol. The van der Waals surface area contributed by atoms with Gasteiger partial charge in [-0.25, -0.2) is 15.0 Å². The van der Waals surface area contributed by atoms with Gasteiger partial charge in [-0.05, 0) is 39.6 Å². The number of rotatable bonds is 15. The van der Waals surface area contributed by atoms with Gasteiger partial charge in [0, 0.05) is 0 Å². The zero-order chi connectivity index (χ0) is 45.1. The highest BCUT2D eigenvalue weighted by molar-refractivity contribution is 7.98. The third kappa shape index (κ3) is 8.24. The third-order valence-corrected chi connectivity index (χ3v) is 13.2. The number of aromatic nitrogens is 4. The summed E-state index contributed by atoms with van der Waals surface area (Å²) in [5.74, 6) is 0. The fourth-order valence-corrected chi connectivity index (χ4v) is 9.68. The molecule has 1 saturated heterocycles. The van der Waals surface area contributed by atoms with Crippen molar-refractivity contribution < 1.29 is 40.0 Å². The Morgan fingerprint density at radius 1 is 0.600 bits per heavy atom. The lowest BCUT2D eigenvalue weighted by Crippen LogP contribution is -2.48. The predicted molar refractivity (Wildman–Crippen MR) is 240 cm³/mol. The van der Waals surface area contributed by atoms with Crippen LogP contribution < -0.4 is 0 Å². The standard InChI is InChI=1S/C50H41F3N4O6S2/c1-64-46-42-45(54-33-55-46)57(34-56-42)47-44(63-65(58,59)50(51,52)53)43(62-49(38-26-14-5-15-27-38,39-28-16-6-17-29-39)40-30-18-7-19-31-40)41(61-47)32-60-48(35-20-8-2-9-21-35,36-22-10-3-11-23-36)37-24-12-4-13-25-37/h2-31,33-34,41,43-44,47H,32H2,1H3/t41-,43-,44-,47-/m1/s1. The van der Waals surface area contributed by atoms with Gasteiger partial charge in [0.1, 0.15) is 40.3 Å². The second kappa shape index (κ2) is 18.4. The molecule has 0 N–H and O–H groups in total. The van der Waals surface area contributed by atoms with Gasteiger partial charge in [0.25, 0.3) is 0 Å². The lowest BCUT2D eigenvalue weighted by atomic mass is 9.79. The fourth-order valence-electron chi connectivity index (χ4n) is 8.58. The number of thioether (sulfide) groups is 1. The minimum Gasteiger partial charge on any atom is -0.358 e. The van der Waals surface area contributed by atoms with Crippen LogP contribution in [0.25, 0.3) is 11.2 Å². The largest absolute Gasteiger partial charge is 0.523 e. The maximum absolute atomic E-state index is 14.7. The van der Waals surface area contributed by atoms with Gasteiger partial charge in [-0.1, -0.05) is 182 Å². The van der Waals surface area contributed by atoms with Crippen LogP contribution in [0.1, 0.15) is 39.6 Å². The molecule has 1 aliphatic rings. The van der Waals surface area contributed by atoms with Crippen molar-refractivity contribution in [1.82, 2.24) is 19.5 Å². The molecule has 0 saturated carbocycles. The number of alkyl halides is 3. The quantitative estimate of drug-likeness (QED) is 0.0324. The SMILES string of the molecule is CSc1ncnc2c1ncn2[C@@H]1O[C@H](COC(c2ccccc2)(c2ccccc2)c2ccccc2)[C@@H](OC(c2ccccc2)(c2ccccc2)c2ccccc2)[C@H]1OS(=O)(=O)C(F)(F)F. The van der Waals surface area contributed by atoms with Crippen molar-refractivity contribution in [2.45, 2.75) is 46.3 Å². The lowest BCUT2D eigenvalue weighted by molar-refractivity contribution is -0.131. The van der Waals surface area contributed by atoms with E-state index in [9.17, 15) is 21.6 Å². The summed E-state index contributed by atoms with van der Waals surface area (Å²) < 4.78 is 99.3. The van der Waals surface area contributed by atoms with Crippen molar-refractivity contribution in [2.24, 2.45) is 0 Å². The van der Waals surface area contributed by atoms with Crippen LogP contribution in [0.5, 0.6) is 0 Å². The van der Waals surface area contributed by atoms with Crippen LogP contribution >= 0.6 is 11.8 Å². The van der Waals surface area contributed by atoms with Crippen LogP contribution in [-0.2, 0) is 39.7 Å². The minimum absolute atomic E-state index is 0.167. The first-order chi connectivity index (χ1) is 31.6. The van der Waals surface area contributed by atoms with E-state index >= 15 is 0 Å². The molecule has 15 heteroatoms. The summed E-state index contributed by atoms with van der Waals surface area (Å²) in [4.78, 5) is 13.3. The molecule has 8 aromatic rings. The third-order valence-electron chi connectivity index (χ3n) is 11.5. The minimum atomic E-state index is -6.32. The number of hydrogen-bond acceptors (Lipinski definition) is 10. The molecule has 0 radical (unpaired) electrons. The van der Waals surface area contributed by atoms with Crippen molar-refractivity contribution in [2.75, 3.05) is 12.9 Å². The summed E-state index contributed by atoms with van der Waals surface area (Å²) >= 11 is 1.29. The van der Waals surface area contributed by atoms with Gasteiger partial charge in [0.15, 0.2) is 18.0 Å². The lowest BCUT2D eigenvalue weighted by Gasteiger charge is -2.41. The van der Waals surface area contributed by atoms with Gasteiger partial charge in [-0.15, -0.1) is 11.8 Å². The van der Waals surface area contributed by atoms with Crippen molar-refractivity contribution >= 4 is 33.0 Å². The van der Waals surface area contributed by atoms with Crippen molar-refractivity contribution in [3.8, 4) is 0 Å². The number of halogens is 3. The molecule has 10 nitrogen and oxygen atoms in total. The van der Waals surface area contributed by atoms with Crippen molar-refractivity contribution in [1.29, 1.82) is 0 Å².